The molecule has 20 heavy (non-hydrogen) atoms. The zero-order valence-corrected chi connectivity index (χ0v) is 11.8. The molecule has 0 spiro atoms. The number of hydrogen-bond acceptors (Lipinski definition) is 4. The second-order valence-electron chi connectivity index (χ2n) is 5.47. The van der Waals surface area contributed by atoms with E-state index < -0.39 is 6.10 Å². The summed E-state index contributed by atoms with van der Waals surface area (Å²) in [5.41, 5.74) is 0.944. The first kappa shape index (κ1) is 13.2. The predicted molar refractivity (Wildman–Crippen MR) is 75.9 cm³/mol. The molecule has 1 N–H and O–H groups in total. The number of morpholine rings is 1. The molecule has 108 valence electrons. The lowest BCUT2D eigenvalue weighted by atomic mass is 10.1. The summed E-state index contributed by atoms with van der Waals surface area (Å²) in [6, 6.07) is 7.79. The molecule has 3 unspecified atom stereocenters. The molecule has 0 aliphatic carbocycles. The van der Waals surface area contributed by atoms with Gasteiger partial charge in [0.2, 0.25) is 0 Å². The summed E-state index contributed by atoms with van der Waals surface area (Å²) in [6.07, 6.45) is -0.378. The van der Waals surface area contributed by atoms with Crippen LogP contribution in [0.15, 0.2) is 24.3 Å². The molecule has 3 rings (SSSR count). The Balaban J connectivity index is 1.72. The first-order valence-corrected chi connectivity index (χ1v) is 7.07. The molecule has 0 saturated carbocycles. The normalized spacial score (nSPS) is 29.1. The van der Waals surface area contributed by atoms with Gasteiger partial charge in [0, 0.05) is 6.54 Å². The van der Waals surface area contributed by atoms with E-state index >= 15 is 0 Å². The zero-order valence-electron chi connectivity index (χ0n) is 11.8. The van der Waals surface area contributed by atoms with Crippen molar-refractivity contribution in [2.75, 3.05) is 25.0 Å². The molecule has 0 radical (unpaired) electrons. The van der Waals surface area contributed by atoms with Crippen LogP contribution >= 0.6 is 0 Å². The van der Waals surface area contributed by atoms with Crippen LogP contribution in [0.5, 0.6) is 5.75 Å². The molecular weight excluding hydrogens is 256 g/mol. The monoisotopic (exact) mass is 276 g/mol. The van der Waals surface area contributed by atoms with Crippen molar-refractivity contribution in [3.05, 3.63) is 24.3 Å². The molecule has 3 atom stereocenters. The topological polar surface area (TPSA) is 50.8 Å². The molecular formula is C15H20N2O3. The first-order chi connectivity index (χ1) is 9.65. The third-order valence-electron chi connectivity index (χ3n) is 3.80. The van der Waals surface area contributed by atoms with Crippen LogP contribution in [0.3, 0.4) is 0 Å². The molecule has 1 aromatic carbocycles. The fraction of sp³-hybridized carbons (Fsp3) is 0.533. The van der Waals surface area contributed by atoms with E-state index in [0.717, 1.165) is 11.4 Å². The minimum atomic E-state index is -0.461. The Morgan fingerprint density at radius 2 is 2.15 bits per heavy atom. The van der Waals surface area contributed by atoms with Gasteiger partial charge in [0.15, 0.2) is 6.10 Å². The number of carbonyl (C=O) groups is 1. The molecule has 5 nitrogen and oxygen atoms in total. The van der Waals surface area contributed by atoms with Gasteiger partial charge in [0.05, 0.1) is 31.0 Å². The molecule has 1 saturated heterocycles. The molecule has 2 heterocycles. The van der Waals surface area contributed by atoms with Gasteiger partial charge >= 0.3 is 0 Å². The molecule has 2 aliphatic rings. The fourth-order valence-electron chi connectivity index (χ4n) is 2.65. The lowest BCUT2D eigenvalue weighted by molar-refractivity contribution is -0.150. The van der Waals surface area contributed by atoms with Crippen LogP contribution in [0, 0.1) is 0 Å². The number of ether oxygens (including phenoxy) is 2. The van der Waals surface area contributed by atoms with Crippen molar-refractivity contribution in [1.29, 1.82) is 0 Å². The van der Waals surface area contributed by atoms with Gasteiger partial charge in [0.1, 0.15) is 5.75 Å². The standard InChI is InChI=1S/C15H20N2O3/c1-10-9-19-11(2)8-17(10)15(18)14-7-16-12-5-3-4-6-13(12)20-14/h3-6,10-11,14,16H,7-9H2,1-2H3. The van der Waals surface area contributed by atoms with E-state index in [0.29, 0.717) is 19.7 Å². The average Bonchev–Trinajstić information content (AvgIpc) is 2.48. The summed E-state index contributed by atoms with van der Waals surface area (Å²) in [4.78, 5) is 14.5. The fourth-order valence-corrected chi connectivity index (χ4v) is 2.65. The third-order valence-corrected chi connectivity index (χ3v) is 3.80. The van der Waals surface area contributed by atoms with Crippen molar-refractivity contribution in [1.82, 2.24) is 4.90 Å². The Morgan fingerprint density at radius 1 is 1.35 bits per heavy atom. The minimum Gasteiger partial charge on any atom is -0.477 e. The minimum absolute atomic E-state index is 0.0367. The van der Waals surface area contributed by atoms with Crippen molar-refractivity contribution >= 4 is 11.6 Å². The van der Waals surface area contributed by atoms with Crippen LogP contribution in [0.1, 0.15) is 13.8 Å². The van der Waals surface area contributed by atoms with Crippen LogP contribution in [0.25, 0.3) is 0 Å². The van der Waals surface area contributed by atoms with Gasteiger partial charge in [0.25, 0.3) is 5.91 Å². The molecule has 0 aromatic heterocycles. The maximum Gasteiger partial charge on any atom is 0.265 e. The van der Waals surface area contributed by atoms with Crippen LogP contribution in [0.2, 0.25) is 0 Å². The third kappa shape index (κ3) is 2.45. The Labute approximate surface area is 118 Å². The number of nitrogens with one attached hydrogen (secondary N) is 1. The number of anilines is 1. The summed E-state index contributed by atoms with van der Waals surface area (Å²) < 4.78 is 11.4. The molecule has 1 fully saturated rings. The Bertz CT molecular complexity index is 506. The van der Waals surface area contributed by atoms with Crippen LogP contribution in [-0.2, 0) is 9.53 Å². The quantitative estimate of drug-likeness (QED) is 0.844. The number of para-hydroxylation sites is 2. The number of amides is 1. The van der Waals surface area contributed by atoms with Gasteiger partial charge in [-0.1, -0.05) is 12.1 Å². The van der Waals surface area contributed by atoms with Gasteiger partial charge in [-0.2, -0.15) is 0 Å². The van der Waals surface area contributed by atoms with Crippen molar-refractivity contribution < 1.29 is 14.3 Å². The largest absolute Gasteiger partial charge is 0.477 e. The maximum absolute atomic E-state index is 12.6. The van der Waals surface area contributed by atoms with Gasteiger partial charge < -0.3 is 19.7 Å². The van der Waals surface area contributed by atoms with Crippen LogP contribution in [-0.4, -0.2) is 48.8 Å². The highest BCUT2D eigenvalue weighted by Gasteiger charge is 2.34. The number of rotatable bonds is 1. The molecule has 2 aliphatic heterocycles. The number of benzene rings is 1. The van der Waals surface area contributed by atoms with Crippen molar-refractivity contribution in [2.24, 2.45) is 0 Å². The van der Waals surface area contributed by atoms with Gasteiger partial charge in [-0.25, -0.2) is 0 Å². The highest BCUT2D eigenvalue weighted by molar-refractivity contribution is 5.83. The second kappa shape index (κ2) is 5.32. The van der Waals surface area contributed by atoms with E-state index in [4.69, 9.17) is 9.47 Å². The Morgan fingerprint density at radius 3 is 3.00 bits per heavy atom. The van der Waals surface area contributed by atoms with Crippen LogP contribution in [0.4, 0.5) is 5.69 Å². The van der Waals surface area contributed by atoms with Crippen molar-refractivity contribution in [2.45, 2.75) is 32.1 Å². The van der Waals surface area contributed by atoms with Crippen molar-refractivity contribution in [3.8, 4) is 5.75 Å². The van der Waals surface area contributed by atoms with E-state index in [1.807, 2.05) is 43.0 Å². The SMILES string of the molecule is CC1CN(C(=O)C2CNc3ccccc3O2)C(C)CO1. The first-order valence-electron chi connectivity index (χ1n) is 7.07. The van der Waals surface area contributed by atoms with Gasteiger partial charge in [-0.3, -0.25) is 4.79 Å². The second-order valence-corrected chi connectivity index (χ2v) is 5.47. The number of hydrogen-bond donors (Lipinski definition) is 1. The number of fused-ring (bicyclic) bond motifs is 1. The lowest BCUT2D eigenvalue weighted by Crippen LogP contribution is -2.56. The summed E-state index contributed by atoms with van der Waals surface area (Å²) in [5.74, 6) is 0.778. The average molecular weight is 276 g/mol. The van der Waals surface area contributed by atoms with Crippen LogP contribution < -0.4 is 10.1 Å². The highest BCUT2D eigenvalue weighted by Crippen LogP contribution is 2.29. The molecule has 1 aromatic rings. The Kier molecular flexibility index (Phi) is 3.53. The van der Waals surface area contributed by atoms with E-state index in [1.165, 1.54) is 0 Å². The number of nitrogens with zero attached hydrogens (tertiary/aromatic N) is 1. The van der Waals surface area contributed by atoms with Crippen molar-refractivity contribution in [3.63, 3.8) is 0 Å². The molecule has 1 amide bonds. The van der Waals surface area contributed by atoms with E-state index in [9.17, 15) is 4.79 Å². The molecule has 5 heteroatoms. The lowest BCUT2D eigenvalue weighted by Gasteiger charge is -2.39. The molecule has 0 bridgehead atoms. The number of carbonyl (C=O) groups excluding carboxylic acids is 1. The van der Waals surface area contributed by atoms with E-state index in [-0.39, 0.29) is 18.1 Å². The summed E-state index contributed by atoms with van der Waals surface area (Å²) in [6.45, 7) is 5.72. The highest BCUT2D eigenvalue weighted by atomic mass is 16.5. The van der Waals surface area contributed by atoms with E-state index in [1.54, 1.807) is 0 Å². The van der Waals surface area contributed by atoms with Gasteiger partial charge in [-0.15, -0.1) is 0 Å². The smallest absolute Gasteiger partial charge is 0.265 e. The Hall–Kier alpha value is -1.75. The summed E-state index contributed by atoms with van der Waals surface area (Å²) in [5, 5.41) is 3.25. The maximum atomic E-state index is 12.6. The summed E-state index contributed by atoms with van der Waals surface area (Å²) >= 11 is 0. The zero-order chi connectivity index (χ0) is 14.1. The van der Waals surface area contributed by atoms with Gasteiger partial charge in [-0.05, 0) is 26.0 Å². The van der Waals surface area contributed by atoms with E-state index in [2.05, 4.69) is 5.32 Å². The predicted octanol–water partition coefficient (Wildman–Crippen LogP) is 1.50. The summed E-state index contributed by atoms with van der Waals surface area (Å²) in [7, 11) is 0.